The summed E-state index contributed by atoms with van der Waals surface area (Å²) in [6, 6.07) is 6.20. The van der Waals surface area contributed by atoms with Gasteiger partial charge in [0.25, 0.3) is 0 Å². The number of pyridine rings is 1. The minimum Gasteiger partial charge on any atom is -0.353 e. The van der Waals surface area contributed by atoms with Crippen molar-refractivity contribution in [3.63, 3.8) is 0 Å². The SMILES string of the molecule is c1cn2cc(-c3ccn4nc(NCC5CCCC5)ncc34)ccc2n1. The number of fused-ring (bicyclic) bond motifs is 2. The van der Waals surface area contributed by atoms with Crippen molar-refractivity contribution in [3.05, 3.63) is 49.2 Å². The molecule has 126 valence electrons. The Morgan fingerprint density at radius 1 is 1.08 bits per heavy atom. The van der Waals surface area contributed by atoms with Gasteiger partial charge in [-0.05, 0) is 37.0 Å². The van der Waals surface area contributed by atoms with Gasteiger partial charge in [-0.3, -0.25) is 0 Å². The number of aromatic nitrogens is 5. The van der Waals surface area contributed by atoms with E-state index in [4.69, 9.17) is 0 Å². The number of nitrogens with zero attached hydrogens (tertiary/aromatic N) is 5. The first-order valence-electron chi connectivity index (χ1n) is 8.88. The molecule has 1 N–H and O–H groups in total. The molecule has 0 bridgehead atoms. The van der Waals surface area contributed by atoms with Crippen LogP contribution in [0.15, 0.2) is 49.2 Å². The normalized spacial score (nSPS) is 15.4. The number of anilines is 1. The summed E-state index contributed by atoms with van der Waals surface area (Å²) >= 11 is 0. The van der Waals surface area contributed by atoms with E-state index in [1.54, 1.807) is 0 Å². The molecule has 6 heteroatoms. The third-order valence-corrected chi connectivity index (χ3v) is 5.14. The van der Waals surface area contributed by atoms with Gasteiger partial charge in [0.2, 0.25) is 5.95 Å². The molecule has 25 heavy (non-hydrogen) atoms. The molecule has 0 amide bonds. The topological polar surface area (TPSA) is 59.5 Å². The molecule has 4 aromatic heterocycles. The van der Waals surface area contributed by atoms with Crippen molar-refractivity contribution in [1.29, 1.82) is 0 Å². The maximum absolute atomic E-state index is 4.61. The molecule has 0 aromatic carbocycles. The van der Waals surface area contributed by atoms with E-state index < -0.39 is 0 Å². The van der Waals surface area contributed by atoms with E-state index in [2.05, 4.69) is 38.7 Å². The van der Waals surface area contributed by atoms with Crippen molar-refractivity contribution < 1.29 is 0 Å². The minimum atomic E-state index is 0.701. The monoisotopic (exact) mass is 332 g/mol. The molecule has 1 aliphatic carbocycles. The van der Waals surface area contributed by atoms with E-state index in [0.29, 0.717) is 5.95 Å². The van der Waals surface area contributed by atoms with Crippen molar-refractivity contribution in [3.8, 4) is 11.1 Å². The Morgan fingerprint density at radius 3 is 2.92 bits per heavy atom. The van der Waals surface area contributed by atoms with Gasteiger partial charge in [0.05, 0.1) is 11.7 Å². The number of hydrogen-bond acceptors (Lipinski definition) is 4. The Morgan fingerprint density at radius 2 is 2.00 bits per heavy atom. The van der Waals surface area contributed by atoms with E-state index in [1.165, 1.54) is 25.7 Å². The van der Waals surface area contributed by atoms with E-state index in [0.717, 1.165) is 34.8 Å². The summed E-state index contributed by atoms with van der Waals surface area (Å²) in [6.45, 7) is 0.969. The van der Waals surface area contributed by atoms with Gasteiger partial charge in [-0.15, -0.1) is 5.10 Å². The van der Waals surface area contributed by atoms with Crippen LogP contribution in [-0.4, -0.2) is 30.5 Å². The maximum Gasteiger partial charge on any atom is 0.241 e. The molecule has 1 saturated carbocycles. The van der Waals surface area contributed by atoms with Gasteiger partial charge in [-0.2, -0.15) is 0 Å². The molecular weight excluding hydrogens is 312 g/mol. The fourth-order valence-electron chi connectivity index (χ4n) is 3.75. The molecule has 1 fully saturated rings. The Kier molecular flexibility index (Phi) is 3.40. The zero-order valence-electron chi connectivity index (χ0n) is 14.0. The highest BCUT2D eigenvalue weighted by Crippen LogP contribution is 2.26. The quantitative estimate of drug-likeness (QED) is 0.620. The van der Waals surface area contributed by atoms with Crippen LogP contribution in [0.1, 0.15) is 25.7 Å². The highest BCUT2D eigenvalue weighted by molar-refractivity contribution is 5.80. The second kappa shape index (κ2) is 5.88. The van der Waals surface area contributed by atoms with Crippen LogP contribution in [-0.2, 0) is 0 Å². The van der Waals surface area contributed by atoms with Crippen molar-refractivity contribution in [1.82, 2.24) is 24.0 Å². The highest BCUT2D eigenvalue weighted by atomic mass is 15.3. The average molecular weight is 332 g/mol. The van der Waals surface area contributed by atoms with Gasteiger partial charge < -0.3 is 9.72 Å². The molecule has 0 spiro atoms. The summed E-state index contributed by atoms with van der Waals surface area (Å²) < 4.78 is 3.93. The smallest absolute Gasteiger partial charge is 0.241 e. The fourth-order valence-corrected chi connectivity index (χ4v) is 3.75. The van der Waals surface area contributed by atoms with Crippen molar-refractivity contribution in [2.24, 2.45) is 5.92 Å². The first-order chi connectivity index (χ1) is 12.4. The molecule has 0 saturated heterocycles. The van der Waals surface area contributed by atoms with E-state index >= 15 is 0 Å². The fraction of sp³-hybridized carbons (Fsp3) is 0.316. The lowest BCUT2D eigenvalue weighted by Gasteiger charge is -2.10. The molecule has 0 atom stereocenters. The zero-order chi connectivity index (χ0) is 16.6. The van der Waals surface area contributed by atoms with E-state index in [-0.39, 0.29) is 0 Å². The lowest BCUT2D eigenvalue weighted by atomic mass is 10.1. The predicted octanol–water partition coefficient (Wildman–Crippen LogP) is 3.65. The second-order valence-electron chi connectivity index (χ2n) is 6.78. The van der Waals surface area contributed by atoms with Gasteiger partial charge in [0.1, 0.15) is 5.65 Å². The van der Waals surface area contributed by atoms with Gasteiger partial charge in [-0.1, -0.05) is 12.8 Å². The van der Waals surface area contributed by atoms with Gasteiger partial charge >= 0.3 is 0 Å². The first kappa shape index (κ1) is 14.5. The number of nitrogens with one attached hydrogen (secondary N) is 1. The van der Waals surface area contributed by atoms with Crippen LogP contribution in [0.5, 0.6) is 0 Å². The second-order valence-corrected chi connectivity index (χ2v) is 6.78. The molecule has 0 aliphatic heterocycles. The molecule has 6 nitrogen and oxygen atoms in total. The standard InChI is InChI=1S/C19H20N6/c1-2-4-14(3-1)11-21-19-22-12-17-16(7-9-25(17)23-19)15-5-6-18-20-8-10-24(18)13-15/h5-10,12-14H,1-4,11H2,(H,21,23). The Balaban J connectivity index is 1.44. The van der Waals surface area contributed by atoms with Crippen LogP contribution >= 0.6 is 0 Å². The Labute approximate surface area is 145 Å². The predicted molar refractivity (Wildman–Crippen MR) is 97.6 cm³/mol. The molecule has 4 heterocycles. The van der Waals surface area contributed by atoms with Crippen LogP contribution in [0.2, 0.25) is 0 Å². The molecule has 4 aromatic rings. The zero-order valence-corrected chi connectivity index (χ0v) is 14.0. The first-order valence-corrected chi connectivity index (χ1v) is 8.88. The Bertz CT molecular complexity index is 1020. The summed E-state index contributed by atoms with van der Waals surface area (Å²) in [7, 11) is 0. The number of hydrogen-bond donors (Lipinski definition) is 1. The van der Waals surface area contributed by atoms with Crippen LogP contribution in [0.4, 0.5) is 5.95 Å². The molecule has 5 rings (SSSR count). The van der Waals surface area contributed by atoms with Gasteiger partial charge in [0.15, 0.2) is 0 Å². The Hall–Kier alpha value is -2.89. The largest absolute Gasteiger partial charge is 0.353 e. The van der Waals surface area contributed by atoms with Gasteiger partial charge in [0, 0.05) is 42.5 Å². The number of imidazole rings is 1. The van der Waals surface area contributed by atoms with Crippen LogP contribution in [0.25, 0.3) is 22.3 Å². The van der Waals surface area contributed by atoms with Crippen LogP contribution in [0.3, 0.4) is 0 Å². The van der Waals surface area contributed by atoms with E-state index in [1.807, 2.05) is 39.8 Å². The summed E-state index contributed by atoms with van der Waals surface area (Å²) in [5, 5.41) is 8.00. The van der Waals surface area contributed by atoms with Crippen molar-refractivity contribution in [2.75, 3.05) is 11.9 Å². The average Bonchev–Trinajstić information content (AvgIpc) is 3.38. The summed E-state index contributed by atoms with van der Waals surface area (Å²) in [5.74, 6) is 1.47. The van der Waals surface area contributed by atoms with Crippen molar-refractivity contribution in [2.45, 2.75) is 25.7 Å². The minimum absolute atomic E-state index is 0.701. The van der Waals surface area contributed by atoms with Crippen LogP contribution in [0, 0.1) is 5.92 Å². The summed E-state index contributed by atoms with van der Waals surface area (Å²) in [4.78, 5) is 8.81. The third kappa shape index (κ3) is 2.63. The van der Waals surface area contributed by atoms with Crippen molar-refractivity contribution >= 4 is 17.1 Å². The lowest BCUT2D eigenvalue weighted by Crippen LogP contribution is -2.13. The molecular formula is C19H20N6. The summed E-state index contributed by atoms with van der Waals surface area (Å²) in [6.07, 6.45) is 15.1. The maximum atomic E-state index is 4.61. The van der Waals surface area contributed by atoms with E-state index in [9.17, 15) is 0 Å². The highest BCUT2D eigenvalue weighted by Gasteiger charge is 2.15. The molecule has 1 aliphatic rings. The third-order valence-electron chi connectivity index (χ3n) is 5.14. The summed E-state index contributed by atoms with van der Waals surface area (Å²) in [5.41, 5.74) is 4.20. The van der Waals surface area contributed by atoms with Gasteiger partial charge in [-0.25, -0.2) is 14.5 Å². The van der Waals surface area contributed by atoms with Crippen LogP contribution < -0.4 is 5.32 Å². The molecule has 0 unspecified atom stereocenters. The number of rotatable bonds is 4. The molecule has 0 radical (unpaired) electrons. The lowest BCUT2D eigenvalue weighted by molar-refractivity contribution is 0.576.